The van der Waals surface area contributed by atoms with Crippen LogP contribution in [0.25, 0.3) is 0 Å². The van der Waals surface area contributed by atoms with Gasteiger partial charge in [0.25, 0.3) is 0 Å². The Balaban J connectivity index is 2.08. The zero-order valence-electron chi connectivity index (χ0n) is 9.72. The molecule has 4 heteroatoms. The number of benzene rings is 1. The van der Waals surface area contributed by atoms with Gasteiger partial charge in [0.05, 0.1) is 0 Å². The normalized spacial score (nSPS) is 23.8. The SMILES string of the molecule is CC1CC1C(=O)NC(C(N)=O)c1ccccc1. The third-order valence-corrected chi connectivity index (χ3v) is 3.15. The molecule has 1 aromatic carbocycles. The van der Waals surface area contributed by atoms with E-state index >= 15 is 0 Å². The van der Waals surface area contributed by atoms with Gasteiger partial charge in [-0.25, -0.2) is 0 Å². The maximum atomic E-state index is 11.8. The summed E-state index contributed by atoms with van der Waals surface area (Å²) in [6.45, 7) is 2.02. The largest absolute Gasteiger partial charge is 0.368 e. The molecule has 0 saturated heterocycles. The Labute approximate surface area is 100 Å². The molecule has 90 valence electrons. The lowest BCUT2D eigenvalue weighted by Crippen LogP contribution is -2.38. The van der Waals surface area contributed by atoms with Crippen molar-refractivity contribution in [3.63, 3.8) is 0 Å². The molecule has 1 fully saturated rings. The third kappa shape index (κ3) is 2.64. The number of hydrogen-bond donors (Lipinski definition) is 2. The van der Waals surface area contributed by atoms with Gasteiger partial charge in [0.2, 0.25) is 11.8 Å². The van der Waals surface area contributed by atoms with E-state index in [1.54, 1.807) is 12.1 Å². The Morgan fingerprint density at radius 2 is 1.94 bits per heavy atom. The summed E-state index contributed by atoms with van der Waals surface area (Å²) < 4.78 is 0. The Morgan fingerprint density at radius 3 is 2.41 bits per heavy atom. The third-order valence-electron chi connectivity index (χ3n) is 3.15. The number of carbonyl (C=O) groups is 2. The van der Waals surface area contributed by atoms with Gasteiger partial charge in [-0.1, -0.05) is 37.3 Å². The van der Waals surface area contributed by atoms with Gasteiger partial charge in [-0.05, 0) is 17.9 Å². The molecule has 1 aliphatic carbocycles. The lowest BCUT2D eigenvalue weighted by atomic mass is 10.1. The van der Waals surface area contributed by atoms with Crippen LogP contribution in [0.15, 0.2) is 30.3 Å². The van der Waals surface area contributed by atoms with E-state index in [-0.39, 0.29) is 11.8 Å². The summed E-state index contributed by atoms with van der Waals surface area (Å²) in [7, 11) is 0. The van der Waals surface area contributed by atoms with Crippen molar-refractivity contribution in [3.05, 3.63) is 35.9 Å². The second kappa shape index (κ2) is 4.57. The van der Waals surface area contributed by atoms with Crippen LogP contribution in [0.1, 0.15) is 24.9 Å². The first-order valence-corrected chi connectivity index (χ1v) is 5.74. The van der Waals surface area contributed by atoms with Crippen molar-refractivity contribution in [3.8, 4) is 0 Å². The van der Waals surface area contributed by atoms with E-state index in [0.29, 0.717) is 5.92 Å². The van der Waals surface area contributed by atoms with E-state index in [2.05, 4.69) is 5.32 Å². The quantitative estimate of drug-likeness (QED) is 0.812. The number of primary amides is 1. The molecule has 17 heavy (non-hydrogen) atoms. The molecule has 0 aromatic heterocycles. The average molecular weight is 232 g/mol. The summed E-state index contributed by atoms with van der Waals surface area (Å²) in [5, 5.41) is 2.71. The van der Waals surface area contributed by atoms with Crippen LogP contribution >= 0.6 is 0 Å². The van der Waals surface area contributed by atoms with Crippen LogP contribution in [0.4, 0.5) is 0 Å². The minimum Gasteiger partial charge on any atom is -0.368 e. The number of amides is 2. The molecule has 3 N–H and O–H groups in total. The predicted molar refractivity (Wildman–Crippen MR) is 63.8 cm³/mol. The number of nitrogens with one attached hydrogen (secondary N) is 1. The summed E-state index contributed by atoms with van der Waals surface area (Å²) in [5.41, 5.74) is 6.04. The molecule has 4 nitrogen and oxygen atoms in total. The molecule has 1 aliphatic rings. The van der Waals surface area contributed by atoms with E-state index < -0.39 is 11.9 Å². The van der Waals surface area contributed by atoms with Crippen molar-refractivity contribution in [2.45, 2.75) is 19.4 Å². The maximum Gasteiger partial charge on any atom is 0.244 e. The van der Waals surface area contributed by atoms with Gasteiger partial charge >= 0.3 is 0 Å². The fraction of sp³-hybridized carbons (Fsp3) is 0.385. The highest BCUT2D eigenvalue weighted by Gasteiger charge is 2.40. The van der Waals surface area contributed by atoms with E-state index in [9.17, 15) is 9.59 Å². The minimum atomic E-state index is -0.725. The summed E-state index contributed by atoms with van der Waals surface area (Å²) in [6.07, 6.45) is 0.895. The molecule has 0 spiro atoms. The first-order chi connectivity index (χ1) is 8.09. The molecular weight excluding hydrogens is 216 g/mol. The zero-order chi connectivity index (χ0) is 12.4. The molecule has 0 bridgehead atoms. The van der Waals surface area contributed by atoms with Crippen LogP contribution in [0.5, 0.6) is 0 Å². The smallest absolute Gasteiger partial charge is 0.244 e. The Kier molecular flexibility index (Phi) is 3.13. The van der Waals surface area contributed by atoms with Crippen molar-refractivity contribution in [2.24, 2.45) is 17.6 Å². The molecule has 3 atom stereocenters. The molecule has 2 amide bonds. The van der Waals surface area contributed by atoms with Crippen molar-refractivity contribution < 1.29 is 9.59 Å². The number of rotatable bonds is 4. The monoisotopic (exact) mass is 232 g/mol. The highest BCUT2D eigenvalue weighted by Crippen LogP contribution is 2.38. The number of hydrogen-bond acceptors (Lipinski definition) is 2. The average Bonchev–Trinajstić information content (AvgIpc) is 3.04. The lowest BCUT2D eigenvalue weighted by molar-refractivity contribution is -0.128. The summed E-state index contributed by atoms with van der Waals surface area (Å²) in [6, 6.07) is 8.33. The predicted octanol–water partition coefficient (Wildman–Crippen LogP) is 0.985. The van der Waals surface area contributed by atoms with Crippen molar-refractivity contribution >= 4 is 11.8 Å². The van der Waals surface area contributed by atoms with E-state index in [1.165, 1.54) is 0 Å². The van der Waals surface area contributed by atoms with Gasteiger partial charge in [0, 0.05) is 5.92 Å². The highest BCUT2D eigenvalue weighted by molar-refractivity contribution is 5.89. The van der Waals surface area contributed by atoms with Crippen LogP contribution in [0.3, 0.4) is 0 Å². The van der Waals surface area contributed by atoms with Crippen LogP contribution < -0.4 is 11.1 Å². The summed E-state index contributed by atoms with van der Waals surface area (Å²) in [5.74, 6) is -0.150. The minimum absolute atomic E-state index is 0.0422. The molecule has 3 unspecified atom stereocenters. The first kappa shape index (κ1) is 11.6. The molecule has 1 saturated carbocycles. The second-order valence-corrected chi connectivity index (χ2v) is 4.57. The molecule has 2 rings (SSSR count). The van der Waals surface area contributed by atoms with Crippen LogP contribution in [0.2, 0.25) is 0 Å². The number of nitrogens with two attached hydrogens (primary N) is 1. The van der Waals surface area contributed by atoms with Gasteiger partial charge in [-0.3, -0.25) is 9.59 Å². The topological polar surface area (TPSA) is 72.2 Å². The standard InChI is InChI=1S/C13H16N2O2/c1-8-7-10(8)13(17)15-11(12(14)16)9-5-3-2-4-6-9/h2-6,8,10-11H,7H2,1H3,(H2,14,16)(H,15,17). The van der Waals surface area contributed by atoms with E-state index in [4.69, 9.17) is 5.73 Å². The van der Waals surface area contributed by atoms with Gasteiger partial charge in [0.15, 0.2) is 0 Å². The van der Waals surface area contributed by atoms with E-state index in [1.807, 2.05) is 25.1 Å². The Hall–Kier alpha value is -1.84. The first-order valence-electron chi connectivity index (χ1n) is 5.74. The summed E-state index contributed by atoms with van der Waals surface area (Å²) >= 11 is 0. The van der Waals surface area contributed by atoms with Crippen LogP contribution in [-0.4, -0.2) is 11.8 Å². The fourth-order valence-electron chi connectivity index (χ4n) is 1.90. The molecule has 1 aromatic rings. The molecule has 0 aliphatic heterocycles. The zero-order valence-corrected chi connectivity index (χ0v) is 9.72. The lowest BCUT2D eigenvalue weighted by Gasteiger charge is -2.15. The fourth-order valence-corrected chi connectivity index (χ4v) is 1.90. The Bertz CT molecular complexity index is 430. The van der Waals surface area contributed by atoms with Gasteiger partial charge in [0.1, 0.15) is 6.04 Å². The Morgan fingerprint density at radius 1 is 1.35 bits per heavy atom. The van der Waals surface area contributed by atoms with E-state index in [0.717, 1.165) is 12.0 Å². The summed E-state index contributed by atoms with van der Waals surface area (Å²) in [4.78, 5) is 23.2. The highest BCUT2D eigenvalue weighted by atomic mass is 16.2. The van der Waals surface area contributed by atoms with Gasteiger partial charge in [-0.2, -0.15) is 0 Å². The number of carbonyl (C=O) groups excluding carboxylic acids is 2. The maximum absolute atomic E-state index is 11.8. The molecule has 0 radical (unpaired) electrons. The second-order valence-electron chi connectivity index (χ2n) is 4.57. The van der Waals surface area contributed by atoms with Crippen molar-refractivity contribution in [2.75, 3.05) is 0 Å². The van der Waals surface area contributed by atoms with Crippen LogP contribution in [0, 0.1) is 11.8 Å². The van der Waals surface area contributed by atoms with Crippen molar-refractivity contribution in [1.82, 2.24) is 5.32 Å². The van der Waals surface area contributed by atoms with Crippen LogP contribution in [-0.2, 0) is 9.59 Å². The van der Waals surface area contributed by atoms with Gasteiger partial charge in [-0.15, -0.1) is 0 Å². The molecular formula is C13H16N2O2. The van der Waals surface area contributed by atoms with Gasteiger partial charge < -0.3 is 11.1 Å². The van der Waals surface area contributed by atoms with Crippen molar-refractivity contribution in [1.29, 1.82) is 0 Å². The molecule has 0 heterocycles.